The van der Waals surface area contributed by atoms with E-state index in [9.17, 15) is 25.2 Å². The van der Waals surface area contributed by atoms with Crippen LogP contribution in [0.25, 0.3) is 10.9 Å². The van der Waals surface area contributed by atoms with Crippen molar-refractivity contribution in [2.45, 2.75) is 138 Å². The smallest absolute Gasteiger partial charge is 0.191 e. The number of Topliss-reactive ketones (excluding diaryl/α,β-unsaturated/α-hetero) is 1. The highest BCUT2D eigenvalue weighted by molar-refractivity contribution is 8.76. The summed E-state index contributed by atoms with van der Waals surface area (Å²) in [5, 5.41) is 51.6. The number of nitrogens with one attached hydrogen (secondary N) is 2. The molecular weight excluding hydrogens is 881 g/mol. The van der Waals surface area contributed by atoms with Gasteiger partial charge in [-0.25, -0.2) is 0 Å². The quantitative estimate of drug-likeness (QED) is 0.0562. The molecule has 13 heteroatoms. The van der Waals surface area contributed by atoms with Gasteiger partial charge in [0.25, 0.3) is 0 Å². The molecule has 2 aromatic heterocycles. The first-order valence-electron chi connectivity index (χ1n) is 24.5. The molecule has 4 aliphatic carbocycles. The number of hydrogen-bond donors (Lipinski definition) is 7. The molecule has 10 bridgehead atoms. The fourth-order valence-corrected chi connectivity index (χ4v) is 16.8. The maximum absolute atomic E-state index is 13.8. The Bertz CT molecular complexity index is 2820. The average molecular weight is 941 g/mol. The first-order chi connectivity index (χ1) is 32.5. The van der Waals surface area contributed by atoms with Crippen LogP contribution in [0.1, 0.15) is 147 Å². The lowest BCUT2D eigenvalue weighted by molar-refractivity contribution is -0.122. The number of phenolic OH excluding ortho intramolecular Hbond substituents is 1. The number of aromatic hydroxyl groups is 1. The number of hydrogen-bond acceptors (Lipinski definition) is 11. The van der Waals surface area contributed by atoms with Crippen molar-refractivity contribution < 1.29 is 34.7 Å². The Morgan fingerprint density at radius 2 is 1.85 bits per heavy atom. The monoisotopic (exact) mass is 940 g/mol. The lowest BCUT2D eigenvalue weighted by Crippen LogP contribution is -2.56. The number of nitrogens with zero attached hydrogens (tertiary/aromatic N) is 1. The topological polar surface area (TPSA) is 175 Å². The largest absolute Gasteiger partial charge is 0.508 e. The van der Waals surface area contributed by atoms with Gasteiger partial charge < -0.3 is 45.2 Å². The predicted octanol–water partition coefficient (Wildman–Crippen LogP) is 8.45. The Morgan fingerprint density at radius 1 is 1.04 bits per heavy atom. The van der Waals surface area contributed by atoms with E-state index in [2.05, 4.69) is 69.5 Å². The van der Waals surface area contributed by atoms with E-state index in [1.807, 2.05) is 29.9 Å². The second-order valence-electron chi connectivity index (χ2n) is 21.3. The summed E-state index contributed by atoms with van der Waals surface area (Å²) in [5.74, 6) is 11.7. The number of carbonyl (C=O) groups excluding carboxylic acids is 1. The summed E-state index contributed by atoms with van der Waals surface area (Å²) in [6.45, 7) is 2.73. The van der Waals surface area contributed by atoms with Crippen molar-refractivity contribution >= 4 is 38.3 Å². The highest BCUT2D eigenvalue weighted by atomic mass is 33.1. The molecule has 67 heavy (non-hydrogen) atoms. The summed E-state index contributed by atoms with van der Waals surface area (Å²) in [6.07, 6.45) is 19.3. The number of phenols is 1. The van der Waals surface area contributed by atoms with E-state index in [0.29, 0.717) is 35.8 Å². The number of H-pyrrole nitrogens is 1. The molecule has 10 atom stereocenters. The van der Waals surface area contributed by atoms with Crippen LogP contribution in [0.15, 0.2) is 48.9 Å². The molecule has 350 valence electrons. The average Bonchev–Trinajstić information content (AvgIpc) is 4.13. The number of carbonyl (C=O) groups is 1. The highest BCUT2D eigenvalue weighted by Crippen LogP contribution is 2.66. The highest BCUT2D eigenvalue weighted by Gasteiger charge is 2.58. The molecule has 14 rings (SSSR count). The van der Waals surface area contributed by atoms with Gasteiger partial charge in [-0.05, 0) is 84.1 Å². The third-order valence-electron chi connectivity index (χ3n) is 17.2. The number of rotatable bonds is 6. The third kappa shape index (κ3) is 7.12. The van der Waals surface area contributed by atoms with Crippen molar-refractivity contribution in [1.82, 2.24) is 14.9 Å². The number of allylic oxidation sites excluding steroid dienone is 1. The molecule has 6 aliphatic heterocycles. The summed E-state index contributed by atoms with van der Waals surface area (Å²) in [6, 6.07) is 5.81. The summed E-state index contributed by atoms with van der Waals surface area (Å²) in [7, 11) is 3.51. The van der Waals surface area contributed by atoms with E-state index in [0.717, 1.165) is 91.1 Å². The van der Waals surface area contributed by atoms with Gasteiger partial charge in [-0.3, -0.25) is 10.1 Å². The zero-order chi connectivity index (χ0) is 45.8. The van der Waals surface area contributed by atoms with E-state index < -0.39 is 41.8 Å². The minimum Gasteiger partial charge on any atom is -0.508 e. The van der Waals surface area contributed by atoms with Crippen LogP contribution in [-0.4, -0.2) is 60.3 Å². The van der Waals surface area contributed by atoms with Crippen LogP contribution in [0.2, 0.25) is 0 Å². The molecule has 2 aromatic carbocycles. The van der Waals surface area contributed by atoms with Gasteiger partial charge in [0, 0.05) is 89.3 Å². The number of benzene rings is 2. The fraction of sp³-hybridized carbons (Fsp3) is 0.537. The number of fused-ring (bicyclic) bond motifs is 1. The van der Waals surface area contributed by atoms with Crippen molar-refractivity contribution in [3.8, 4) is 41.1 Å². The molecule has 0 saturated heterocycles. The minimum absolute atomic E-state index is 0.0108. The molecule has 3 spiro atoms. The predicted molar refractivity (Wildman–Crippen MR) is 260 cm³/mol. The molecule has 4 aromatic rings. The van der Waals surface area contributed by atoms with E-state index in [1.54, 1.807) is 16.9 Å². The Hall–Kier alpha value is -4.31. The van der Waals surface area contributed by atoms with Crippen LogP contribution in [0.5, 0.6) is 17.2 Å². The maximum Gasteiger partial charge on any atom is 0.191 e. The lowest BCUT2D eigenvalue weighted by Gasteiger charge is -2.56. The molecule has 8 heterocycles. The first kappa shape index (κ1) is 43.9. The number of aliphatic hydroxyl groups excluding tert-OH is 3. The van der Waals surface area contributed by atoms with Crippen LogP contribution >= 0.6 is 21.6 Å². The van der Waals surface area contributed by atoms with Gasteiger partial charge >= 0.3 is 0 Å². The molecule has 2 fully saturated rings. The number of aromatic nitrogens is 2. The fourth-order valence-electron chi connectivity index (χ4n) is 14.1. The molecule has 0 unspecified atom stereocenters. The normalized spacial score (nSPS) is 32.0. The lowest BCUT2D eigenvalue weighted by atomic mass is 9.51. The van der Waals surface area contributed by atoms with E-state index in [4.69, 9.17) is 15.2 Å². The van der Waals surface area contributed by atoms with Gasteiger partial charge in [0.1, 0.15) is 23.7 Å². The van der Waals surface area contributed by atoms with Gasteiger partial charge in [-0.15, -0.1) is 0 Å². The molecule has 8 N–H and O–H groups in total. The summed E-state index contributed by atoms with van der Waals surface area (Å²) < 4.78 is 16.1. The minimum atomic E-state index is -1.08. The zero-order valence-corrected chi connectivity index (χ0v) is 39.6. The van der Waals surface area contributed by atoms with Crippen LogP contribution in [0.3, 0.4) is 0 Å². The Balaban J connectivity index is 1.05. The van der Waals surface area contributed by atoms with Gasteiger partial charge in [0.05, 0.1) is 35.2 Å². The van der Waals surface area contributed by atoms with Crippen molar-refractivity contribution in [2.24, 2.45) is 34.3 Å². The Kier molecular flexibility index (Phi) is 10.9. The number of nitrogens with two attached hydrogens (primary N) is 1. The molecule has 10 aliphatic rings. The van der Waals surface area contributed by atoms with Crippen molar-refractivity contribution in [1.29, 1.82) is 0 Å². The van der Waals surface area contributed by atoms with Crippen LogP contribution in [0, 0.1) is 52.5 Å². The Morgan fingerprint density at radius 3 is 2.67 bits per heavy atom. The molecule has 11 nitrogen and oxygen atoms in total. The SMILES string of the molecule is C[C@@H]1C=C[C@@H]([C@@H](O)CC(=O)CCc2c(O)cc3c4c2CSSC[C@@]25CN[C@@H](N)c6ccc7c(c62)[C@@H](c2c[nH]c6cn(cc26)[C@@H](O4)[C@H](C#C[C@H]7O)C2(C#CO3)CCCC2)C2(CCCC2)C5)[C@H](O)C1. The summed E-state index contributed by atoms with van der Waals surface area (Å²) >= 11 is 0. The van der Waals surface area contributed by atoms with Crippen molar-refractivity contribution in [2.75, 3.05) is 12.3 Å². The first-order valence-corrected chi connectivity index (χ1v) is 27.0. The second kappa shape index (κ2) is 16.7. The van der Waals surface area contributed by atoms with Crippen LogP contribution in [-0.2, 0) is 22.4 Å². The molecule has 2 saturated carbocycles. The van der Waals surface area contributed by atoms with Crippen LogP contribution in [0.4, 0.5) is 0 Å². The van der Waals surface area contributed by atoms with Gasteiger partial charge in [-0.1, -0.05) is 96.2 Å². The van der Waals surface area contributed by atoms with Gasteiger partial charge in [0.15, 0.2) is 17.7 Å². The van der Waals surface area contributed by atoms with Crippen LogP contribution < -0.4 is 20.5 Å². The molecule has 0 radical (unpaired) electrons. The van der Waals surface area contributed by atoms with Gasteiger partial charge in [0.2, 0.25) is 0 Å². The summed E-state index contributed by atoms with van der Waals surface area (Å²) in [4.78, 5) is 17.5. The maximum atomic E-state index is 13.8. The number of aliphatic hydroxyl groups is 3. The number of aromatic amines is 1. The zero-order valence-electron chi connectivity index (χ0n) is 38.0. The van der Waals surface area contributed by atoms with Gasteiger partial charge in [-0.2, -0.15) is 0 Å². The molecular formula is C54H60N4O7S2. The van der Waals surface area contributed by atoms with Crippen molar-refractivity contribution in [3.63, 3.8) is 0 Å². The van der Waals surface area contributed by atoms with E-state index in [1.165, 1.54) is 16.7 Å². The standard InChI is InChI=1S/C54H60N4O7S2/c1-30-6-8-33(42(61)20-30)43(62)21-31(59)7-9-32-38-26-66-67-29-54-27-53(16-4-5-17-53)48-36-23-56-40-25-58(24-37(36)40)51-39(12-13-41(60)34-10-11-35(47(54)46(34)48)50(55)57-28-54)52(14-2-3-15-52)18-19-64-45(22-44(32)63)49(38)65-51/h6,8,10-11,22-25,30,33,39,41-43,48,50-51,56-57,60-63H,2-5,7,9,14-17,20-21,26-29,55H2,1H3/t30-,33-,39+,41-,42-,43+,48-,50-,51+,54-/m1/s1. The summed E-state index contributed by atoms with van der Waals surface area (Å²) in [5.41, 5.74) is 14.0. The third-order valence-corrected chi connectivity index (χ3v) is 19.7. The number of ketones is 1. The van der Waals surface area contributed by atoms with E-state index >= 15 is 0 Å². The second-order valence-corrected chi connectivity index (χ2v) is 23.7. The molecule has 0 amide bonds. The van der Waals surface area contributed by atoms with E-state index in [-0.39, 0.29) is 59.6 Å². The van der Waals surface area contributed by atoms with Crippen molar-refractivity contribution in [3.05, 3.63) is 87.9 Å². The number of ether oxygens (including phenoxy) is 2. The Labute approximate surface area is 399 Å².